The first-order chi connectivity index (χ1) is 9.61. The van der Waals surface area contributed by atoms with Crippen LogP contribution >= 0.6 is 0 Å². The Morgan fingerprint density at radius 1 is 1.00 bits per heavy atom. The van der Waals surface area contributed by atoms with Gasteiger partial charge in [-0.15, -0.1) is 0 Å². The highest BCUT2D eigenvalue weighted by Gasteiger charge is 2.03. The number of carbonyl (C=O) groups is 3. The van der Waals surface area contributed by atoms with E-state index in [2.05, 4.69) is 5.32 Å². The van der Waals surface area contributed by atoms with Gasteiger partial charge in [-0.25, -0.2) is 0 Å². The van der Waals surface area contributed by atoms with Crippen molar-refractivity contribution in [2.45, 2.75) is 38.5 Å². The molecule has 1 aromatic rings. The lowest BCUT2D eigenvalue weighted by Crippen LogP contribution is -2.11. The molecule has 2 N–H and O–H groups in total. The molecule has 1 rings (SSSR count). The third-order valence-corrected chi connectivity index (χ3v) is 2.88. The maximum atomic E-state index is 11.6. The van der Waals surface area contributed by atoms with Crippen LogP contribution in [-0.4, -0.2) is 23.3 Å². The molecule has 0 saturated heterocycles. The lowest BCUT2D eigenvalue weighted by atomic mass is 10.1. The van der Waals surface area contributed by atoms with Crippen molar-refractivity contribution in [3.63, 3.8) is 0 Å². The highest BCUT2D eigenvalue weighted by atomic mass is 16.4. The van der Waals surface area contributed by atoms with Crippen LogP contribution in [0.25, 0.3) is 0 Å². The van der Waals surface area contributed by atoms with Crippen LogP contribution in [0.15, 0.2) is 24.3 Å². The van der Waals surface area contributed by atoms with Gasteiger partial charge in [-0.3, -0.25) is 14.4 Å². The molecule has 20 heavy (non-hydrogen) atoms. The lowest BCUT2D eigenvalue weighted by molar-refractivity contribution is -0.137. The van der Waals surface area contributed by atoms with Crippen molar-refractivity contribution < 1.29 is 19.5 Å². The van der Waals surface area contributed by atoms with Crippen molar-refractivity contribution in [1.82, 2.24) is 0 Å². The number of unbranched alkanes of at least 4 members (excludes halogenated alkanes) is 3. The van der Waals surface area contributed by atoms with Gasteiger partial charge in [0.2, 0.25) is 5.91 Å². The Morgan fingerprint density at radius 2 is 1.60 bits per heavy atom. The molecule has 0 heterocycles. The smallest absolute Gasteiger partial charge is 0.303 e. The Labute approximate surface area is 118 Å². The number of aldehydes is 1. The molecule has 0 aliphatic rings. The van der Waals surface area contributed by atoms with Gasteiger partial charge >= 0.3 is 5.97 Å². The summed E-state index contributed by atoms with van der Waals surface area (Å²) in [5.74, 6) is -0.844. The molecule has 0 aliphatic carbocycles. The molecule has 0 fully saturated rings. The maximum Gasteiger partial charge on any atom is 0.303 e. The highest BCUT2D eigenvalue weighted by molar-refractivity contribution is 5.91. The van der Waals surface area contributed by atoms with Gasteiger partial charge < -0.3 is 10.4 Å². The van der Waals surface area contributed by atoms with Crippen LogP contribution < -0.4 is 5.32 Å². The molecule has 5 heteroatoms. The number of anilines is 1. The van der Waals surface area contributed by atoms with Crippen LogP contribution in [0.3, 0.4) is 0 Å². The number of amides is 1. The normalized spacial score (nSPS) is 10.0. The number of nitrogens with one attached hydrogen (secondary N) is 1. The summed E-state index contributed by atoms with van der Waals surface area (Å²) in [6.07, 6.45) is 4.45. The van der Waals surface area contributed by atoms with E-state index in [1.54, 1.807) is 24.3 Å². The SMILES string of the molecule is O=Cc1ccc(NC(=O)CCCCCCC(=O)O)cc1. The summed E-state index contributed by atoms with van der Waals surface area (Å²) in [6.45, 7) is 0. The zero-order valence-electron chi connectivity index (χ0n) is 11.3. The third kappa shape index (κ3) is 6.68. The molecule has 0 aromatic heterocycles. The van der Waals surface area contributed by atoms with Crippen LogP contribution in [0, 0.1) is 0 Å². The van der Waals surface area contributed by atoms with E-state index in [0.29, 0.717) is 24.1 Å². The predicted octanol–water partition coefficient (Wildman–Crippen LogP) is 2.86. The second kappa shape index (κ2) is 8.85. The molecule has 1 amide bonds. The molecule has 0 unspecified atom stereocenters. The van der Waals surface area contributed by atoms with E-state index >= 15 is 0 Å². The topological polar surface area (TPSA) is 83.5 Å². The first kappa shape index (κ1) is 15.9. The molecule has 0 aliphatic heterocycles. The largest absolute Gasteiger partial charge is 0.481 e. The quantitative estimate of drug-likeness (QED) is 0.537. The molecule has 1 aromatic carbocycles. The molecule has 0 saturated carbocycles. The number of carboxylic acid groups (broad SMARTS) is 1. The molecular weight excluding hydrogens is 258 g/mol. The average molecular weight is 277 g/mol. The molecule has 0 radical (unpaired) electrons. The Kier molecular flexibility index (Phi) is 7.03. The van der Waals surface area contributed by atoms with Crippen LogP contribution in [0.4, 0.5) is 5.69 Å². The van der Waals surface area contributed by atoms with E-state index in [4.69, 9.17) is 5.11 Å². The Morgan fingerprint density at radius 3 is 2.15 bits per heavy atom. The first-order valence-corrected chi connectivity index (χ1v) is 6.68. The number of hydrogen-bond acceptors (Lipinski definition) is 3. The van der Waals surface area contributed by atoms with Crippen LogP contribution in [0.2, 0.25) is 0 Å². The maximum absolute atomic E-state index is 11.6. The van der Waals surface area contributed by atoms with Gasteiger partial charge in [0.1, 0.15) is 6.29 Å². The van der Waals surface area contributed by atoms with Gasteiger partial charge in [-0.05, 0) is 37.1 Å². The van der Waals surface area contributed by atoms with Crippen molar-refractivity contribution in [3.8, 4) is 0 Å². The summed E-state index contributed by atoms with van der Waals surface area (Å²) < 4.78 is 0. The summed E-state index contributed by atoms with van der Waals surface area (Å²) in [6, 6.07) is 6.67. The fraction of sp³-hybridized carbons (Fsp3) is 0.400. The summed E-state index contributed by atoms with van der Waals surface area (Å²) in [5, 5.41) is 11.2. The zero-order valence-corrected chi connectivity index (χ0v) is 11.3. The average Bonchev–Trinajstić information content (AvgIpc) is 2.43. The van der Waals surface area contributed by atoms with E-state index in [0.717, 1.165) is 25.5 Å². The van der Waals surface area contributed by atoms with Crippen LogP contribution in [0.5, 0.6) is 0 Å². The van der Waals surface area contributed by atoms with E-state index in [9.17, 15) is 14.4 Å². The summed E-state index contributed by atoms with van der Waals surface area (Å²) in [7, 11) is 0. The molecule has 0 bridgehead atoms. The first-order valence-electron chi connectivity index (χ1n) is 6.68. The van der Waals surface area contributed by atoms with Gasteiger partial charge in [0, 0.05) is 24.1 Å². The van der Waals surface area contributed by atoms with Gasteiger partial charge in [0.25, 0.3) is 0 Å². The van der Waals surface area contributed by atoms with Crippen LogP contribution in [0.1, 0.15) is 48.9 Å². The Hall–Kier alpha value is -2.17. The van der Waals surface area contributed by atoms with E-state index in [1.165, 1.54) is 0 Å². The van der Waals surface area contributed by atoms with E-state index in [-0.39, 0.29) is 12.3 Å². The molecule has 5 nitrogen and oxygen atoms in total. The number of aliphatic carboxylic acids is 1. The zero-order chi connectivity index (χ0) is 14.8. The van der Waals surface area contributed by atoms with E-state index < -0.39 is 5.97 Å². The fourth-order valence-corrected chi connectivity index (χ4v) is 1.78. The number of benzene rings is 1. The second-order valence-electron chi connectivity index (χ2n) is 4.60. The van der Waals surface area contributed by atoms with E-state index in [1.807, 2.05) is 0 Å². The van der Waals surface area contributed by atoms with Crippen molar-refractivity contribution in [2.24, 2.45) is 0 Å². The number of carbonyl (C=O) groups excluding carboxylic acids is 2. The fourth-order valence-electron chi connectivity index (χ4n) is 1.78. The van der Waals surface area contributed by atoms with Crippen LogP contribution in [-0.2, 0) is 9.59 Å². The molecular formula is C15H19NO4. The molecule has 0 atom stereocenters. The monoisotopic (exact) mass is 277 g/mol. The minimum absolute atomic E-state index is 0.0675. The third-order valence-electron chi connectivity index (χ3n) is 2.88. The minimum atomic E-state index is -0.776. The Balaban J connectivity index is 2.16. The van der Waals surface area contributed by atoms with Gasteiger partial charge in [0.05, 0.1) is 0 Å². The van der Waals surface area contributed by atoms with Gasteiger partial charge in [-0.2, -0.15) is 0 Å². The minimum Gasteiger partial charge on any atom is -0.481 e. The lowest BCUT2D eigenvalue weighted by Gasteiger charge is -2.05. The predicted molar refractivity (Wildman–Crippen MR) is 75.8 cm³/mol. The highest BCUT2D eigenvalue weighted by Crippen LogP contribution is 2.10. The van der Waals surface area contributed by atoms with Crippen molar-refractivity contribution >= 4 is 23.9 Å². The van der Waals surface area contributed by atoms with Crippen molar-refractivity contribution in [2.75, 3.05) is 5.32 Å². The van der Waals surface area contributed by atoms with Crippen molar-refractivity contribution in [1.29, 1.82) is 0 Å². The molecule has 0 spiro atoms. The second-order valence-corrected chi connectivity index (χ2v) is 4.60. The number of rotatable bonds is 9. The van der Waals surface area contributed by atoms with Crippen molar-refractivity contribution in [3.05, 3.63) is 29.8 Å². The summed E-state index contributed by atoms with van der Waals surface area (Å²) >= 11 is 0. The van der Waals surface area contributed by atoms with Gasteiger partial charge in [-0.1, -0.05) is 12.8 Å². The number of hydrogen-bond donors (Lipinski definition) is 2. The van der Waals surface area contributed by atoms with Gasteiger partial charge in [0.15, 0.2) is 0 Å². The molecule has 108 valence electrons. The number of carboxylic acids is 1. The summed E-state index contributed by atoms with van der Waals surface area (Å²) in [5.41, 5.74) is 1.24. The Bertz CT molecular complexity index is 453. The summed E-state index contributed by atoms with van der Waals surface area (Å²) in [4.78, 5) is 32.4. The standard InChI is InChI=1S/C15H19NO4/c17-11-12-7-9-13(10-8-12)16-14(18)5-3-1-2-4-6-15(19)20/h7-11H,1-6H2,(H,16,18)(H,19,20).